The van der Waals surface area contributed by atoms with Crippen LogP contribution in [0.4, 0.5) is 5.95 Å². The van der Waals surface area contributed by atoms with E-state index in [9.17, 15) is 4.79 Å². The van der Waals surface area contributed by atoms with Crippen LogP contribution in [0.5, 0.6) is 0 Å². The van der Waals surface area contributed by atoms with Crippen LogP contribution in [-0.4, -0.2) is 20.7 Å². The van der Waals surface area contributed by atoms with Crippen molar-refractivity contribution in [2.45, 2.75) is 12.1 Å². The highest BCUT2D eigenvalue weighted by atomic mass is 32.2. The van der Waals surface area contributed by atoms with E-state index in [1.54, 1.807) is 0 Å². The highest BCUT2D eigenvalue weighted by Crippen LogP contribution is 2.08. The van der Waals surface area contributed by atoms with Crippen LogP contribution in [0.2, 0.25) is 0 Å². The number of aromatic amines is 1. The normalized spacial score (nSPS) is 9.91. The largest absolute Gasteiger partial charge is 0.369 e. The molecule has 1 rings (SSSR count). The first-order chi connectivity index (χ1) is 5.22. The van der Waals surface area contributed by atoms with Crippen LogP contribution in [0.1, 0.15) is 6.92 Å². The van der Waals surface area contributed by atoms with Crippen molar-refractivity contribution < 1.29 is 0 Å². The first kappa shape index (κ1) is 8.06. The number of anilines is 1. The minimum Gasteiger partial charge on any atom is -0.369 e. The first-order valence-electron chi connectivity index (χ1n) is 3.09. The molecule has 0 unspecified atom stereocenters. The van der Waals surface area contributed by atoms with Crippen LogP contribution in [0, 0.1) is 0 Å². The zero-order valence-corrected chi connectivity index (χ0v) is 6.81. The number of H-pyrrole nitrogens is 1. The van der Waals surface area contributed by atoms with E-state index < -0.39 is 5.69 Å². The predicted molar refractivity (Wildman–Crippen MR) is 43.5 cm³/mol. The lowest BCUT2D eigenvalue weighted by atomic mass is 11.0. The highest BCUT2D eigenvalue weighted by molar-refractivity contribution is 7.99. The molecule has 1 aromatic heterocycles. The lowest BCUT2D eigenvalue weighted by Gasteiger charge is -1.95. The van der Waals surface area contributed by atoms with Gasteiger partial charge in [0.25, 0.3) is 0 Å². The van der Waals surface area contributed by atoms with E-state index in [1.807, 2.05) is 6.92 Å². The van der Waals surface area contributed by atoms with Crippen molar-refractivity contribution in [3.63, 3.8) is 0 Å². The maximum absolute atomic E-state index is 10.7. The van der Waals surface area contributed by atoms with Crippen LogP contribution in [-0.2, 0) is 0 Å². The van der Waals surface area contributed by atoms with E-state index in [0.29, 0.717) is 5.16 Å². The summed E-state index contributed by atoms with van der Waals surface area (Å²) in [6, 6.07) is 0. The molecule has 1 heterocycles. The van der Waals surface area contributed by atoms with Gasteiger partial charge in [0.05, 0.1) is 0 Å². The molecule has 0 saturated carbocycles. The molecule has 0 bridgehead atoms. The summed E-state index contributed by atoms with van der Waals surface area (Å²) in [4.78, 5) is 20.3. The molecule has 5 nitrogen and oxygen atoms in total. The third kappa shape index (κ3) is 2.23. The van der Waals surface area contributed by atoms with Gasteiger partial charge in [0, 0.05) is 0 Å². The third-order valence-electron chi connectivity index (χ3n) is 0.922. The van der Waals surface area contributed by atoms with Crippen molar-refractivity contribution in [2.75, 3.05) is 11.5 Å². The van der Waals surface area contributed by atoms with Gasteiger partial charge >= 0.3 is 5.69 Å². The van der Waals surface area contributed by atoms with E-state index in [4.69, 9.17) is 5.73 Å². The highest BCUT2D eigenvalue weighted by Gasteiger charge is 1.97. The molecule has 0 atom stereocenters. The van der Waals surface area contributed by atoms with Gasteiger partial charge in [-0.15, -0.1) is 0 Å². The van der Waals surface area contributed by atoms with Crippen molar-refractivity contribution in [2.24, 2.45) is 0 Å². The Balaban J connectivity index is 2.99. The fraction of sp³-hybridized carbons (Fsp3) is 0.400. The molecule has 0 aliphatic heterocycles. The Labute approximate surface area is 67.4 Å². The molecular formula is C5H8N4OS. The van der Waals surface area contributed by atoms with E-state index in [0.717, 1.165) is 5.75 Å². The van der Waals surface area contributed by atoms with E-state index in [-0.39, 0.29) is 5.95 Å². The van der Waals surface area contributed by atoms with Gasteiger partial charge in [-0.3, -0.25) is 4.98 Å². The Morgan fingerprint density at radius 3 is 2.91 bits per heavy atom. The molecule has 0 saturated heterocycles. The average Bonchev–Trinajstić information content (AvgIpc) is 1.85. The zero-order valence-electron chi connectivity index (χ0n) is 6.00. The summed E-state index contributed by atoms with van der Waals surface area (Å²) in [5.74, 6) is 0.934. The van der Waals surface area contributed by atoms with Gasteiger partial charge in [-0.1, -0.05) is 18.7 Å². The third-order valence-corrected chi connectivity index (χ3v) is 1.65. The number of aromatic nitrogens is 3. The Kier molecular flexibility index (Phi) is 2.48. The molecule has 3 N–H and O–H groups in total. The van der Waals surface area contributed by atoms with Crippen molar-refractivity contribution in [3.8, 4) is 0 Å². The molecule has 0 radical (unpaired) electrons. The second-order valence-electron chi connectivity index (χ2n) is 1.75. The first-order valence-corrected chi connectivity index (χ1v) is 4.07. The lowest BCUT2D eigenvalue weighted by molar-refractivity contribution is 0.874. The van der Waals surface area contributed by atoms with Gasteiger partial charge in [0.2, 0.25) is 5.95 Å². The molecule has 0 fully saturated rings. The minimum atomic E-state index is -0.451. The van der Waals surface area contributed by atoms with Crippen molar-refractivity contribution in [1.29, 1.82) is 0 Å². The smallest absolute Gasteiger partial charge is 0.350 e. The van der Waals surface area contributed by atoms with E-state index >= 15 is 0 Å². The Hall–Kier alpha value is -1.04. The monoisotopic (exact) mass is 172 g/mol. The van der Waals surface area contributed by atoms with E-state index in [1.165, 1.54) is 11.8 Å². The molecule has 60 valence electrons. The SMILES string of the molecule is CCSc1nc(N)[nH]c(=O)n1. The fourth-order valence-electron chi connectivity index (χ4n) is 0.574. The van der Waals surface area contributed by atoms with Gasteiger partial charge in [0.1, 0.15) is 0 Å². The Morgan fingerprint density at radius 2 is 2.36 bits per heavy atom. The maximum atomic E-state index is 10.7. The summed E-state index contributed by atoms with van der Waals surface area (Å²) >= 11 is 1.38. The molecule has 6 heteroatoms. The second kappa shape index (κ2) is 3.38. The van der Waals surface area contributed by atoms with Crippen LogP contribution in [0.3, 0.4) is 0 Å². The van der Waals surface area contributed by atoms with Crippen molar-refractivity contribution in [3.05, 3.63) is 10.5 Å². The van der Waals surface area contributed by atoms with Gasteiger partial charge in [-0.2, -0.15) is 9.97 Å². The van der Waals surface area contributed by atoms with Gasteiger partial charge in [0.15, 0.2) is 5.16 Å². The van der Waals surface area contributed by atoms with E-state index in [2.05, 4.69) is 15.0 Å². The molecule has 0 aliphatic carbocycles. The van der Waals surface area contributed by atoms with Gasteiger partial charge < -0.3 is 5.73 Å². The number of rotatable bonds is 2. The van der Waals surface area contributed by atoms with Crippen LogP contribution in [0.25, 0.3) is 0 Å². The number of hydrogen-bond acceptors (Lipinski definition) is 5. The number of nitrogens with one attached hydrogen (secondary N) is 1. The van der Waals surface area contributed by atoms with Crippen LogP contribution < -0.4 is 11.4 Å². The summed E-state index contributed by atoms with van der Waals surface area (Å²) in [7, 11) is 0. The van der Waals surface area contributed by atoms with Gasteiger partial charge in [-0.25, -0.2) is 4.79 Å². The maximum Gasteiger partial charge on any atom is 0.350 e. The van der Waals surface area contributed by atoms with Crippen molar-refractivity contribution in [1.82, 2.24) is 15.0 Å². The summed E-state index contributed by atoms with van der Waals surface area (Å²) < 4.78 is 0. The number of thioether (sulfide) groups is 1. The fourth-order valence-corrected chi connectivity index (χ4v) is 1.14. The number of hydrogen-bond donors (Lipinski definition) is 2. The van der Waals surface area contributed by atoms with Gasteiger partial charge in [-0.05, 0) is 5.75 Å². The average molecular weight is 172 g/mol. The summed E-state index contributed by atoms with van der Waals surface area (Å²) in [5.41, 5.74) is 4.82. The molecule has 1 aromatic rings. The Morgan fingerprint density at radius 1 is 1.64 bits per heavy atom. The summed E-state index contributed by atoms with van der Waals surface area (Å²) in [6.07, 6.45) is 0. The second-order valence-corrected chi connectivity index (χ2v) is 2.99. The summed E-state index contributed by atoms with van der Waals surface area (Å²) in [6.45, 7) is 1.95. The number of nitrogens with two attached hydrogens (primary N) is 1. The number of nitrogen functional groups attached to an aromatic ring is 1. The number of nitrogens with zero attached hydrogens (tertiary/aromatic N) is 2. The minimum absolute atomic E-state index is 0.112. The Bertz CT molecular complexity index is 297. The molecule has 0 aromatic carbocycles. The van der Waals surface area contributed by atoms with Crippen LogP contribution in [0.15, 0.2) is 9.95 Å². The lowest BCUT2D eigenvalue weighted by Crippen LogP contribution is -2.15. The zero-order chi connectivity index (χ0) is 8.27. The molecule has 11 heavy (non-hydrogen) atoms. The molecule has 0 aliphatic rings. The molecular weight excluding hydrogens is 164 g/mol. The van der Waals surface area contributed by atoms with Crippen LogP contribution >= 0.6 is 11.8 Å². The molecule has 0 amide bonds. The quantitative estimate of drug-likeness (QED) is 0.606. The summed E-state index contributed by atoms with van der Waals surface area (Å²) in [5, 5.41) is 0.425. The standard InChI is InChI=1S/C5H8N4OS/c1-2-11-5-8-3(6)7-4(10)9-5/h2H2,1H3,(H3,6,7,8,9,10). The van der Waals surface area contributed by atoms with Crippen molar-refractivity contribution >= 4 is 17.7 Å². The predicted octanol–water partition coefficient (Wildman–Crippen LogP) is -0.141. The topological polar surface area (TPSA) is 84.7 Å². The molecule has 0 spiro atoms.